The summed E-state index contributed by atoms with van der Waals surface area (Å²) in [5.74, 6) is 0.250. The van der Waals surface area contributed by atoms with E-state index in [9.17, 15) is 9.59 Å². The standard InChI is InChI=1S/C28H31ClN6O3S/c1-28(2,3)38-27(37)35-26-33-22(15-39-26)24(36)31-17-8-6-9-18(13-17)32-25-30-14-21(29)23(34-25)20-12-11-16-7-4-5-10-19(16)20/h4-5,7,10,12,14-15,17-18H,6,8-9,11,13H2,1-3H3,(H,31,36)(H,30,32,34)(H,33,35,37)/t17-,18+/m0/s1. The van der Waals surface area contributed by atoms with Crippen molar-refractivity contribution in [3.63, 3.8) is 0 Å². The van der Waals surface area contributed by atoms with Gasteiger partial charge in [-0.3, -0.25) is 10.1 Å². The van der Waals surface area contributed by atoms with E-state index >= 15 is 0 Å². The number of rotatable bonds is 6. The molecule has 0 radical (unpaired) electrons. The number of halogens is 1. The first kappa shape index (κ1) is 27.1. The van der Waals surface area contributed by atoms with Crippen LogP contribution in [0.15, 0.2) is 41.9 Å². The SMILES string of the molecule is CC(C)(C)OC(=O)Nc1nc(C(=O)N[C@H]2CCC[C@@H](Nc3ncc(Cl)c(C4=CCc5ccccc54)n3)C2)cs1. The Bertz CT molecular complexity index is 1420. The summed E-state index contributed by atoms with van der Waals surface area (Å²) < 4.78 is 5.24. The topological polar surface area (TPSA) is 118 Å². The summed E-state index contributed by atoms with van der Waals surface area (Å²) in [6.07, 6.45) is 7.54. The van der Waals surface area contributed by atoms with Gasteiger partial charge in [0.1, 0.15) is 11.3 Å². The molecule has 0 bridgehead atoms. The van der Waals surface area contributed by atoms with Crippen LogP contribution in [0, 0.1) is 0 Å². The molecular formula is C28H31ClN6O3S. The second-order valence-corrected chi connectivity index (χ2v) is 12.0. The van der Waals surface area contributed by atoms with Crippen LogP contribution in [0.2, 0.25) is 5.02 Å². The summed E-state index contributed by atoms with van der Waals surface area (Å²) in [7, 11) is 0. The van der Waals surface area contributed by atoms with E-state index in [4.69, 9.17) is 21.3 Å². The molecule has 11 heteroatoms. The fraction of sp³-hybridized carbons (Fsp3) is 0.393. The minimum absolute atomic E-state index is 0.0242. The number of aromatic nitrogens is 3. The number of thiazole rings is 1. The van der Waals surface area contributed by atoms with Crippen molar-refractivity contribution >= 4 is 51.6 Å². The number of nitrogens with one attached hydrogen (secondary N) is 3. The van der Waals surface area contributed by atoms with Gasteiger partial charge in [0.15, 0.2) is 5.13 Å². The average Bonchev–Trinajstić information content (AvgIpc) is 3.52. The molecule has 1 fully saturated rings. The quantitative estimate of drug-likeness (QED) is 0.331. The van der Waals surface area contributed by atoms with E-state index in [1.807, 2.05) is 12.1 Å². The van der Waals surface area contributed by atoms with Crippen molar-refractivity contribution in [2.24, 2.45) is 0 Å². The van der Waals surface area contributed by atoms with Crippen molar-refractivity contribution in [3.05, 3.63) is 69.5 Å². The number of carbonyl (C=O) groups is 2. The summed E-state index contributed by atoms with van der Waals surface area (Å²) in [6, 6.07) is 8.34. The Morgan fingerprint density at radius 1 is 1.13 bits per heavy atom. The second kappa shape index (κ2) is 11.3. The first-order valence-electron chi connectivity index (χ1n) is 13.0. The van der Waals surface area contributed by atoms with Crippen LogP contribution >= 0.6 is 22.9 Å². The lowest BCUT2D eigenvalue weighted by atomic mass is 9.91. The Balaban J connectivity index is 1.18. The van der Waals surface area contributed by atoms with Crippen LogP contribution in [0.1, 0.15) is 73.8 Å². The predicted octanol–water partition coefficient (Wildman–Crippen LogP) is 6.07. The number of hydrogen-bond donors (Lipinski definition) is 3. The first-order chi connectivity index (χ1) is 18.6. The van der Waals surface area contributed by atoms with Crippen molar-refractivity contribution in [2.45, 2.75) is 70.6 Å². The Labute approximate surface area is 236 Å². The summed E-state index contributed by atoms with van der Waals surface area (Å²) in [5, 5.41) is 11.6. The number of ether oxygens (including phenoxy) is 1. The van der Waals surface area contributed by atoms with E-state index in [1.54, 1.807) is 32.3 Å². The van der Waals surface area contributed by atoms with Gasteiger partial charge in [-0.15, -0.1) is 11.3 Å². The van der Waals surface area contributed by atoms with E-state index in [-0.39, 0.29) is 23.7 Å². The van der Waals surface area contributed by atoms with Crippen LogP contribution in [0.25, 0.3) is 5.57 Å². The molecule has 2 heterocycles. The van der Waals surface area contributed by atoms with E-state index in [0.29, 0.717) is 16.1 Å². The van der Waals surface area contributed by atoms with Gasteiger partial charge in [-0.1, -0.05) is 41.9 Å². The van der Waals surface area contributed by atoms with Crippen molar-refractivity contribution in [3.8, 4) is 0 Å². The molecule has 2 aliphatic rings. The Morgan fingerprint density at radius 3 is 2.74 bits per heavy atom. The molecule has 1 saturated carbocycles. The molecule has 2 atom stereocenters. The lowest BCUT2D eigenvalue weighted by Crippen LogP contribution is -2.42. The fourth-order valence-electron chi connectivity index (χ4n) is 4.85. The number of benzene rings is 1. The van der Waals surface area contributed by atoms with Crippen molar-refractivity contribution in [1.29, 1.82) is 0 Å². The van der Waals surface area contributed by atoms with Gasteiger partial charge >= 0.3 is 6.09 Å². The maximum absolute atomic E-state index is 12.9. The van der Waals surface area contributed by atoms with E-state index in [0.717, 1.165) is 48.9 Å². The number of fused-ring (bicyclic) bond motifs is 1. The number of amides is 2. The van der Waals surface area contributed by atoms with Gasteiger partial charge in [0.2, 0.25) is 5.95 Å². The maximum atomic E-state index is 12.9. The molecule has 3 aromatic rings. The Morgan fingerprint density at radius 2 is 1.92 bits per heavy atom. The van der Waals surface area contributed by atoms with Gasteiger partial charge in [0.25, 0.3) is 5.91 Å². The highest BCUT2D eigenvalue weighted by atomic mass is 35.5. The highest BCUT2D eigenvalue weighted by Crippen LogP contribution is 2.35. The third-order valence-electron chi connectivity index (χ3n) is 6.52. The van der Waals surface area contributed by atoms with Gasteiger partial charge in [-0.25, -0.2) is 19.7 Å². The maximum Gasteiger partial charge on any atom is 0.413 e. The summed E-state index contributed by atoms with van der Waals surface area (Å²) >= 11 is 7.68. The van der Waals surface area contributed by atoms with Crippen LogP contribution in [0.3, 0.4) is 0 Å². The Kier molecular flexibility index (Phi) is 7.86. The van der Waals surface area contributed by atoms with Crippen molar-refractivity contribution in [1.82, 2.24) is 20.3 Å². The number of nitrogens with zero attached hydrogens (tertiary/aromatic N) is 3. The molecule has 204 valence electrons. The molecule has 1 aromatic carbocycles. The van der Waals surface area contributed by atoms with Gasteiger partial charge in [0.05, 0.1) is 16.9 Å². The predicted molar refractivity (Wildman–Crippen MR) is 153 cm³/mol. The minimum Gasteiger partial charge on any atom is -0.444 e. The summed E-state index contributed by atoms with van der Waals surface area (Å²) in [5.41, 5.74) is 3.80. The highest BCUT2D eigenvalue weighted by Gasteiger charge is 2.26. The monoisotopic (exact) mass is 566 g/mol. The molecule has 9 nitrogen and oxygen atoms in total. The number of anilines is 2. The van der Waals surface area contributed by atoms with Crippen molar-refractivity contribution in [2.75, 3.05) is 10.6 Å². The normalized spacial score (nSPS) is 18.6. The molecule has 3 N–H and O–H groups in total. The van der Waals surface area contributed by atoms with Gasteiger partial charge in [-0.2, -0.15) is 0 Å². The number of hydrogen-bond acceptors (Lipinski definition) is 8. The third kappa shape index (κ3) is 6.75. The minimum atomic E-state index is -0.620. The molecule has 0 unspecified atom stereocenters. The summed E-state index contributed by atoms with van der Waals surface area (Å²) in [4.78, 5) is 38.3. The Hall–Kier alpha value is -3.50. The van der Waals surface area contributed by atoms with Gasteiger partial charge in [-0.05, 0) is 64.0 Å². The zero-order valence-electron chi connectivity index (χ0n) is 22.1. The lowest BCUT2D eigenvalue weighted by Gasteiger charge is -2.30. The lowest BCUT2D eigenvalue weighted by molar-refractivity contribution is 0.0635. The van der Waals surface area contributed by atoms with Crippen molar-refractivity contribution < 1.29 is 14.3 Å². The molecule has 5 rings (SSSR count). The molecule has 2 aliphatic carbocycles. The third-order valence-corrected chi connectivity index (χ3v) is 7.55. The zero-order chi connectivity index (χ0) is 27.6. The molecular weight excluding hydrogens is 536 g/mol. The molecule has 0 saturated heterocycles. The van der Waals surface area contributed by atoms with Gasteiger partial charge < -0.3 is 15.4 Å². The molecule has 0 aliphatic heterocycles. The number of allylic oxidation sites excluding steroid dienone is 1. The van der Waals surface area contributed by atoms with E-state index in [2.05, 4.69) is 44.1 Å². The average molecular weight is 567 g/mol. The second-order valence-electron chi connectivity index (χ2n) is 10.7. The van der Waals surface area contributed by atoms with E-state index in [1.165, 1.54) is 16.9 Å². The van der Waals surface area contributed by atoms with Gasteiger partial charge in [0, 0.05) is 23.0 Å². The van der Waals surface area contributed by atoms with Crippen LogP contribution in [-0.4, -0.2) is 44.6 Å². The fourth-order valence-corrected chi connectivity index (χ4v) is 5.72. The van der Waals surface area contributed by atoms with Crippen LogP contribution in [0.4, 0.5) is 15.9 Å². The number of carbonyl (C=O) groups excluding carboxylic acids is 2. The summed E-state index contributed by atoms with van der Waals surface area (Å²) in [6.45, 7) is 5.34. The molecule has 2 aromatic heterocycles. The zero-order valence-corrected chi connectivity index (χ0v) is 23.7. The van der Waals surface area contributed by atoms with E-state index < -0.39 is 11.7 Å². The molecule has 0 spiro atoms. The van der Waals surface area contributed by atoms with Crippen LogP contribution < -0.4 is 16.0 Å². The van der Waals surface area contributed by atoms with Crippen LogP contribution in [0.5, 0.6) is 0 Å². The van der Waals surface area contributed by atoms with Crippen LogP contribution in [-0.2, 0) is 11.2 Å². The smallest absolute Gasteiger partial charge is 0.413 e. The molecule has 39 heavy (non-hydrogen) atoms. The molecule has 2 amide bonds. The highest BCUT2D eigenvalue weighted by molar-refractivity contribution is 7.14. The first-order valence-corrected chi connectivity index (χ1v) is 14.2. The largest absolute Gasteiger partial charge is 0.444 e.